The quantitative estimate of drug-likeness (QED) is 0.902. The van der Waals surface area contributed by atoms with Gasteiger partial charge >= 0.3 is 0 Å². The highest BCUT2D eigenvalue weighted by atomic mass is 32.1. The highest BCUT2D eigenvalue weighted by Gasteiger charge is 2.34. The van der Waals surface area contributed by atoms with Crippen LogP contribution in [0, 0.1) is 0 Å². The zero-order valence-corrected chi connectivity index (χ0v) is 14.1. The van der Waals surface area contributed by atoms with Crippen molar-refractivity contribution >= 4 is 11.3 Å². The molecule has 2 atom stereocenters. The molecule has 0 bridgehead atoms. The Morgan fingerprint density at radius 2 is 1.89 bits per heavy atom. The summed E-state index contributed by atoms with van der Waals surface area (Å²) in [6.07, 6.45) is 1.15. The van der Waals surface area contributed by atoms with E-state index in [4.69, 9.17) is 0 Å². The summed E-state index contributed by atoms with van der Waals surface area (Å²) in [5, 5.41) is 13.7. The number of nitrogens with zero attached hydrogens (tertiary/aromatic N) is 2. The van der Waals surface area contributed by atoms with E-state index >= 15 is 0 Å². The van der Waals surface area contributed by atoms with Gasteiger partial charge in [-0.1, -0.05) is 27.7 Å². The van der Waals surface area contributed by atoms with E-state index in [1.165, 1.54) is 0 Å². The predicted molar refractivity (Wildman–Crippen MR) is 82.9 cm³/mol. The van der Waals surface area contributed by atoms with Gasteiger partial charge in [0.1, 0.15) is 0 Å². The van der Waals surface area contributed by atoms with Crippen LogP contribution < -0.4 is 0 Å². The number of aliphatic hydroxyl groups is 1. The molecule has 0 aliphatic carbocycles. The highest BCUT2D eigenvalue weighted by molar-refractivity contribution is 7.09. The molecule has 110 valence electrons. The van der Waals surface area contributed by atoms with Crippen LogP contribution in [0.1, 0.15) is 51.7 Å². The monoisotopic (exact) mass is 284 g/mol. The molecule has 0 amide bonds. The SMILES string of the molecule is CCC(C)(C(O)Cc1nc(C(C)(C)C)cs1)N(C)C. The Bertz CT molecular complexity index is 409. The molecule has 1 heterocycles. The molecule has 0 aliphatic heterocycles. The third-order valence-electron chi connectivity index (χ3n) is 4.14. The summed E-state index contributed by atoms with van der Waals surface area (Å²) in [6.45, 7) is 10.7. The number of hydrogen-bond donors (Lipinski definition) is 1. The van der Waals surface area contributed by atoms with Crippen molar-refractivity contribution in [1.29, 1.82) is 0 Å². The largest absolute Gasteiger partial charge is 0.391 e. The van der Waals surface area contributed by atoms with Gasteiger partial charge in [-0.15, -0.1) is 11.3 Å². The summed E-state index contributed by atoms with van der Waals surface area (Å²) in [4.78, 5) is 6.78. The van der Waals surface area contributed by atoms with Crippen LogP contribution in [0.25, 0.3) is 0 Å². The summed E-state index contributed by atoms with van der Waals surface area (Å²) in [6, 6.07) is 0. The van der Waals surface area contributed by atoms with E-state index in [0.717, 1.165) is 17.1 Å². The third kappa shape index (κ3) is 3.77. The molecule has 1 aromatic heterocycles. The number of likely N-dealkylation sites (N-methyl/N-ethyl adjacent to an activating group) is 1. The molecule has 0 aromatic carbocycles. The molecule has 1 N–H and O–H groups in total. The molecular formula is C15H28N2OS. The minimum absolute atomic E-state index is 0.0787. The van der Waals surface area contributed by atoms with E-state index in [-0.39, 0.29) is 11.0 Å². The van der Waals surface area contributed by atoms with Gasteiger partial charge in [-0.25, -0.2) is 4.98 Å². The average Bonchev–Trinajstić information content (AvgIpc) is 2.75. The van der Waals surface area contributed by atoms with Crippen molar-refractivity contribution < 1.29 is 5.11 Å². The molecule has 4 heteroatoms. The zero-order chi connectivity index (χ0) is 14.8. The third-order valence-corrected chi connectivity index (χ3v) is 5.01. The summed E-state index contributed by atoms with van der Waals surface area (Å²) in [5.74, 6) is 0. The minimum atomic E-state index is -0.397. The molecular weight excluding hydrogens is 256 g/mol. The summed E-state index contributed by atoms with van der Waals surface area (Å²) in [7, 11) is 4.05. The lowest BCUT2D eigenvalue weighted by Crippen LogP contribution is -2.51. The normalized spacial score (nSPS) is 17.5. The molecule has 0 saturated carbocycles. The van der Waals surface area contributed by atoms with Gasteiger partial charge < -0.3 is 10.0 Å². The second kappa shape index (κ2) is 5.90. The van der Waals surface area contributed by atoms with E-state index in [0.29, 0.717) is 6.42 Å². The van der Waals surface area contributed by atoms with Gasteiger partial charge in [0.15, 0.2) is 0 Å². The molecule has 3 nitrogen and oxygen atoms in total. The molecule has 0 saturated heterocycles. The van der Waals surface area contributed by atoms with Crippen LogP contribution in [0.5, 0.6) is 0 Å². The van der Waals surface area contributed by atoms with Gasteiger partial charge in [0.05, 0.1) is 16.8 Å². The van der Waals surface area contributed by atoms with Crippen molar-refractivity contribution in [2.45, 2.75) is 64.5 Å². The second-order valence-electron chi connectivity index (χ2n) is 6.70. The minimum Gasteiger partial charge on any atom is -0.391 e. The van der Waals surface area contributed by atoms with Crippen LogP contribution in [0.2, 0.25) is 0 Å². The fraction of sp³-hybridized carbons (Fsp3) is 0.800. The molecule has 1 rings (SSSR count). The molecule has 0 aliphatic rings. The lowest BCUT2D eigenvalue weighted by atomic mass is 9.88. The maximum atomic E-state index is 10.5. The van der Waals surface area contributed by atoms with Gasteiger partial charge in [0, 0.05) is 22.8 Å². The number of aliphatic hydroxyl groups excluding tert-OH is 1. The van der Waals surface area contributed by atoms with Crippen LogP contribution in [-0.2, 0) is 11.8 Å². The standard InChI is InChI=1S/C15H28N2OS/c1-8-15(5,17(6)7)12(18)9-13-16-11(10-19-13)14(2,3)4/h10,12,18H,8-9H2,1-7H3. The highest BCUT2D eigenvalue weighted by Crippen LogP contribution is 2.28. The molecule has 1 aromatic rings. The predicted octanol–water partition coefficient (Wildman–Crippen LogP) is 3.07. The van der Waals surface area contributed by atoms with E-state index < -0.39 is 6.10 Å². The van der Waals surface area contributed by atoms with E-state index in [2.05, 4.69) is 49.9 Å². The van der Waals surface area contributed by atoms with Gasteiger partial charge in [-0.3, -0.25) is 0 Å². The van der Waals surface area contributed by atoms with Crippen LogP contribution in [-0.4, -0.2) is 40.7 Å². The number of rotatable bonds is 5. The average molecular weight is 284 g/mol. The summed E-state index contributed by atoms with van der Waals surface area (Å²) < 4.78 is 0. The van der Waals surface area contributed by atoms with E-state index in [1.807, 2.05) is 14.1 Å². The lowest BCUT2D eigenvalue weighted by Gasteiger charge is -2.39. The second-order valence-corrected chi connectivity index (χ2v) is 7.64. The van der Waals surface area contributed by atoms with Crippen LogP contribution >= 0.6 is 11.3 Å². The van der Waals surface area contributed by atoms with Crippen molar-refractivity contribution in [3.8, 4) is 0 Å². The molecule has 19 heavy (non-hydrogen) atoms. The Morgan fingerprint density at radius 3 is 2.26 bits per heavy atom. The van der Waals surface area contributed by atoms with Crippen LogP contribution in [0.15, 0.2) is 5.38 Å². The van der Waals surface area contributed by atoms with E-state index in [1.54, 1.807) is 11.3 Å². The van der Waals surface area contributed by atoms with E-state index in [9.17, 15) is 5.11 Å². The topological polar surface area (TPSA) is 36.4 Å². The fourth-order valence-electron chi connectivity index (χ4n) is 1.98. The smallest absolute Gasteiger partial charge is 0.0955 e. The first kappa shape index (κ1) is 16.6. The molecule has 2 unspecified atom stereocenters. The first-order valence-electron chi connectivity index (χ1n) is 6.91. The zero-order valence-electron chi connectivity index (χ0n) is 13.3. The van der Waals surface area contributed by atoms with Gasteiger partial charge in [-0.05, 0) is 27.4 Å². The van der Waals surface area contributed by atoms with Crippen molar-refractivity contribution in [3.63, 3.8) is 0 Å². The first-order chi connectivity index (χ1) is 8.61. The summed E-state index contributed by atoms with van der Waals surface area (Å²) >= 11 is 1.65. The maximum Gasteiger partial charge on any atom is 0.0955 e. The molecule has 0 fully saturated rings. The lowest BCUT2D eigenvalue weighted by molar-refractivity contribution is 0.00296. The van der Waals surface area contributed by atoms with Crippen LogP contribution in [0.4, 0.5) is 0 Å². The van der Waals surface area contributed by atoms with Crippen molar-refractivity contribution in [3.05, 3.63) is 16.1 Å². The Kier molecular flexibility index (Phi) is 5.15. The van der Waals surface area contributed by atoms with Crippen molar-refractivity contribution in [1.82, 2.24) is 9.88 Å². The van der Waals surface area contributed by atoms with Gasteiger partial charge in [0.25, 0.3) is 0 Å². The maximum absolute atomic E-state index is 10.5. The van der Waals surface area contributed by atoms with Crippen LogP contribution in [0.3, 0.4) is 0 Å². The Morgan fingerprint density at radius 1 is 1.32 bits per heavy atom. The van der Waals surface area contributed by atoms with Crippen molar-refractivity contribution in [2.24, 2.45) is 0 Å². The Balaban J connectivity index is 2.82. The Labute approximate surface area is 121 Å². The number of aromatic nitrogens is 1. The molecule has 0 radical (unpaired) electrons. The molecule has 0 spiro atoms. The fourth-order valence-corrected chi connectivity index (χ4v) is 3.04. The number of hydrogen-bond acceptors (Lipinski definition) is 4. The Hall–Kier alpha value is -0.450. The van der Waals surface area contributed by atoms with Gasteiger partial charge in [-0.2, -0.15) is 0 Å². The summed E-state index contributed by atoms with van der Waals surface area (Å²) in [5.41, 5.74) is 0.992. The van der Waals surface area contributed by atoms with Crippen molar-refractivity contribution in [2.75, 3.05) is 14.1 Å². The van der Waals surface area contributed by atoms with Gasteiger partial charge in [0.2, 0.25) is 0 Å². The first-order valence-corrected chi connectivity index (χ1v) is 7.79. The number of thiazole rings is 1.